The molecule has 0 saturated carbocycles. The van der Waals surface area contributed by atoms with Gasteiger partial charge in [-0.05, 0) is 14.1 Å². The predicted octanol–water partition coefficient (Wildman–Crippen LogP) is -0.754. The fourth-order valence-electron chi connectivity index (χ4n) is 0.826. The molecule has 0 saturated heterocycles. The summed E-state index contributed by atoms with van der Waals surface area (Å²) in [5, 5.41) is -2.08. The van der Waals surface area contributed by atoms with E-state index in [-0.39, 0.29) is 6.61 Å². The number of hydrogen-bond acceptors (Lipinski definition) is 4. The molecular formula is C6H17NO7P2. The number of rotatable bonds is 7. The van der Waals surface area contributed by atoms with Crippen LogP contribution in [0.5, 0.6) is 0 Å². The lowest BCUT2D eigenvalue weighted by Crippen LogP contribution is -2.22. The average Bonchev–Trinajstić information content (AvgIpc) is 1.97. The van der Waals surface area contributed by atoms with Crippen molar-refractivity contribution in [1.82, 2.24) is 4.90 Å². The molecule has 98 valence electrons. The third kappa shape index (κ3) is 6.73. The number of hydrogen-bond donors (Lipinski definition) is 4. The van der Waals surface area contributed by atoms with Crippen molar-refractivity contribution in [2.45, 2.75) is 5.40 Å². The lowest BCUT2D eigenvalue weighted by Gasteiger charge is -2.19. The van der Waals surface area contributed by atoms with E-state index in [2.05, 4.69) is 0 Å². The van der Waals surface area contributed by atoms with Gasteiger partial charge in [0.25, 0.3) is 0 Å². The SMILES string of the molecule is CN(C)CCOCC(P(=O)(O)O)P(=O)(O)O. The maximum Gasteiger partial charge on any atom is 0.343 e. The Morgan fingerprint density at radius 1 is 1.12 bits per heavy atom. The Morgan fingerprint density at radius 2 is 1.56 bits per heavy atom. The van der Waals surface area contributed by atoms with E-state index in [0.717, 1.165) is 0 Å². The van der Waals surface area contributed by atoms with Crippen LogP contribution in [-0.4, -0.2) is 63.7 Å². The molecule has 0 aromatic rings. The quantitative estimate of drug-likeness (QED) is 0.353. The molecule has 0 bridgehead atoms. The van der Waals surface area contributed by atoms with Crippen molar-refractivity contribution in [2.75, 3.05) is 33.9 Å². The lowest BCUT2D eigenvalue weighted by atomic mass is 10.6. The largest absolute Gasteiger partial charge is 0.378 e. The normalized spacial score (nSPS) is 13.8. The van der Waals surface area contributed by atoms with Gasteiger partial charge in [0.1, 0.15) is 0 Å². The van der Waals surface area contributed by atoms with Crippen LogP contribution in [-0.2, 0) is 13.9 Å². The van der Waals surface area contributed by atoms with Gasteiger partial charge in [0, 0.05) is 6.54 Å². The summed E-state index contributed by atoms with van der Waals surface area (Å²) in [6.07, 6.45) is 0. The van der Waals surface area contributed by atoms with Crippen molar-refractivity contribution >= 4 is 15.2 Å². The molecule has 8 nitrogen and oxygen atoms in total. The van der Waals surface area contributed by atoms with E-state index in [0.29, 0.717) is 6.54 Å². The summed E-state index contributed by atoms with van der Waals surface area (Å²) in [7, 11) is -6.18. The highest BCUT2D eigenvalue weighted by atomic mass is 31.2. The highest BCUT2D eigenvalue weighted by Crippen LogP contribution is 2.59. The molecule has 16 heavy (non-hydrogen) atoms. The molecule has 0 aromatic carbocycles. The van der Waals surface area contributed by atoms with Gasteiger partial charge in [-0.2, -0.15) is 0 Å². The molecule has 0 atom stereocenters. The predicted molar refractivity (Wildman–Crippen MR) is 57.2 cm³/mol. The van der Waals surface area contributed by atoms with Crippen LogP contribution >= 0.6 is 15.2 Å². The van der Waals surface area contributed by atoms with Crippen molar-refractivity contribution in [3.05, 3.63) is 0 Å². The van der Waals surface area contributed by atoms with Gasteiger partial charge in [0.05, 0.1) is 13.2 Å². The molecule has 10 heteroatoms. The monoisotopic (exact) mass is 277 g/mol. The smallest absolute Gasteiger partial charge is 0.343 e. The number of likely N-dealkylation sites (N-methyl/N-ethyl adjacent to an activating group) is 1. The molecule has 4 N–H and O–H groups in total. The van der Waals surface area contributed by atoms with Crippen molar-refractivity contribution in [2.24, 2.45) is 0 Å². The second-order valence-corrected chi connectivity index (χ2v) is 7.55. The Kier molecular flexibility index (Phi) is 6.32. The molecule has 0 aromatic heterocycles. The Morgan fingerprint density at radius 3 is 1.88 bits per heavy atom. The Bertz CT molecular complexity index is 273. The van der Waals surface area contributed by atoms with Gasteiger partial charge in [-0.25, -0.2) is 0 Å². The molecule has 0 aliphatic carbocycles. The van der Waals surface area contributed by atoms with Gasteiger partial charge in [-0.3, -0.25) is 9.13 Å². The third-order valence-corrected chi connectivity index (χ3v) is 5.38. The van der Waals surface area contributed by atoms with Crippen molar-refractivity contribution in [1.29, 1.82) is 0 Å². The second-order valence-electron chi connectivity index (χ2n) is 3.54. The minimum atomic E-state index is -4.86. The minimum absolute atomic E-state index is 0.142. The summed E-state index contributed by atoms with van der Waals surface area (Å²) in [5.41, 5.74) is 0. The molecule has 0 amide bonds. The van der Waals surface area contributed by atoms with Crippen LogP contribution in [0.1, 0.15) is 0 Å². The van der Waals surface area contributed by atoms with Crippen LogP contribution in [0.4, 0.5) is 0 Å². The minimum Gasteiger partial charge on any atom is -0.378 e. The van der Waals surface area contributed by atoms with E-state index in [1.807, 2.05) is 0 Å². The average molecular weight is 277 g/mol. The highest BCUT2D eigenvalue weighted by Gasteiger charge is 2.43. The zero-order valence-corrected chi connectivity index (χ0v) is 10.8. The summed E-state index contributed by atoms with van der Waals surface area (Å²) in [6, 6.07) is 0. The first kappa shape index (κ1) is 16.2. The first-order valence-electron chi connectivity index (χ1n) is 4.38. The highest BCUT2D eigenvalue weighted by molar-refractivity contribution is 7.70. The lowest BCUT2D eigenvalue weighted by molar-refractivity contribution is 0.118. The van der Waals surface area contributed by atoms with E-state index in [4.69, 9.17) is 24.3 Å². The Hall–Kier alpha value is 0.220. The Labute approximate surface area is 93.5 Å². The van der Waals surface area contributed by atoms with E-state index >= 15 is 0 Å². The topological polar surface area (TPSA) is 128 Å². The fraction of sp³-hybridized carbons (Fsp3) is 1.00. The van der Waals surface area contributed by atoms with Crippen LogP contribution in [0.2, 0.25) is 0 Å². The van der Waals surface area contributed by atoms with E-state index in [1.54, 1.807) is 19.0 Å². The van der Waals surface area contributed by atoms with Crippen LogP contribution < -0.4 is 0 Å². The van der Waals surface area contributed by atoms with E-state index < -0.39 is 27.2 Å². The summed E-state index contributed by atoms with van der Waals surface area (Å²) in [5.74, 6) is 0. The number of ether oxygens (including phenoxy) is 1. The molecule has 0 rings (SSSR count). The summed E-state index contributed by atoms with van der Waals surface area (Å²) in [6.45, 7) is -0.0269. The van der Waals surface area contributed by atoms with Gasteiger partial charge < -0.3 is 29.2 Å². The summed E-state index contributed by atoms with van der Waals surface area (Å²) in [4.78, 5) is 36.8. The van der Waals surface area contributed by atoms with Crippen LogP contribution in [0, 0.1) is 0 Å². The molecule has 0 aliphatic heterocycles. The molecule has 0 unspecified atom stereocenters. The van der Waals surface area contributed by atoms with Crippen LogP contribution in [0.25, 0.3) is 0 Å². The zero-order chi connectivity index (χ0) is 13.0. The summed E-state index contributed by atoms with van der Waals surface area (Å²) >= 11 is 0. The molecule has 0 spiro atoms. The standard InChI is InChI=1S/C6H17NO7P2/c1-7(2)3-4-14-5-6(15(8,9)10)16(11,12)13/h6H,3-5H2,1-2H3,(H2,8,9,10)(H2,11,12,13). The van der Waals surface area contributed by atoms with Gasteiger partial charge >= 0.3 is 15.2 Å². The maximum absolute atomic E-state index is 10.8. The number of nitrogens with zero attached hydrogens (tertiary/aromatic N) is 1. The van der Waals surface area contributed by atoms with Crippen LogP contribution in [0.15, 0.2) is 0 Å². The van der Waals surface area contributed by atoms with Crippen molar-refractivity contribution in [3.8, 4) is 0 Å². The van der Waals surface area contributed by atoms with Gasteiger partial charge in [-0.15, -0.1) is 0 Å². The van der Waals surface area contributed by atoms with E-state index in [9.17, 15) is 9.13 Å². The van der Waals surface area contributed by atoms with Crippen molar-refractivity contribution < 1.29 is 33.4 Å². The Balaban J connectivity index is 4.27. The van der Waals surface area contributed by atoms with Crippen LogP contribution in [0.3, 0.4) is 0 Å². The second kappa shape index (κ2) is 6.23. The fourth-order valence-corrected chi connectivity index (χ4v) is 2.99. The van der Waals surface area contributed by atoms with Crippen molar-refractivity contribution in [3.63, 3.8) is 0 Å². The third-order valence-electron chi connectivity index (χ3n) is 1.73. The molecule has 0 radical (unpaired) electrons. The van der Waals surface area contributed by atoms with Gasteiger partial charge in [0.15, 0.2) is 5.40 Å². The molecule has 0 fully saturated rings. The molecule has 0 heterocycles. The first-order chi connectivity index (χ1) is 7.05. The molecular weight excluding hydrogens is 260 g/mol. The first-order valence-corrected chi connectivity index (χ1v) is 7.74. The zero-order valence-electron chi connectivity index (χ0n) is 9.05. The maximum atomic E-state index is 10.8. The molecule has 0 aliphatic rings. The van der Waals surface area contributed by atoms with E-state index in [1.165, 1.54) is 0 Å². The van der Waals surface area contributed by atoms with Gasteiger partial charge in [-0.1, -0.05) is 0 Å². The summed E-state index contributed by atoms with van der Waals surface area (Å²) < 4.78 is 26.5. The van der Waals surface area contributed by atoms with Gasteiger partial charge in [0.2, 0.25) is 0 Å².